The van der Waals surface area contributed by atoms with Gasteiger partial charge >= 0.3 is 0 Å². The first kappa shape index (κ1) is 15.3. The third-order valence-corrected chi connectivity index (χ3v) is 5.01. The van der Waals surface area contributed by atoms with Crippen LogP contribution in [0.1, 0.15) is 28.9 Å². The van der Waals surface area contributed by atoms with Crippen molar-refractivity contribution in [2.75, 3.05) is 6.54 Å². The summed E-state index contributed by atoms with van der Waals surface area (Å²) >= 11 is 3.45. The summed E-state index contributed by atoms with van der Waals surface area (Å²) in [6, 6.07) is 8.41. The van der Waals surface area contributed by atoms with Gasteiger partial charge in [0.2, 0.25) is 5.91 Å². The number of nitrogens with zero attached hydrogens (tertiary/aromatic N) is 3. The van der Waals surface area contributed by atoms with Crippen molar-refractivity contribution in [1.82, 2.24) is 14.5 Å². The second-order valence-electron chi connectivity index (χ2n) is 5.88. The molecule has 0 aliphatic carbocycles. The Morgan fingerprint density at radius 2 is 2.05 bits per heavy atom. The van der Waals surface area contributed by atoms with Gasteiger partial charge in [-0.1, -0.05) is 29.8 Å². The molecule has 0 fully saturated rings. The zero-order valence-electron chi connectivity index (χ0n) is 13.0. The minimum Gasteiger partial charge on any atom is -0.336 e. The number of amides is 1. The van der Waals surface area contributed by atoms with Crippen LogP contribution >= 0.6 is 15.9 Å². The minimum absolute atomic E-state index is 0.226. The van der Waals surface area contributed by atoms with E-state index in [0.29, 0.717) is 13.0 Å². The normalized spacial score (nSPS) is 14.0. The highest BCUT2D eigenvalue weighted by Gasteiger charge is 2.24. The molecule has 4 nitrogen and oxygen atoms in total. The molecule has 3 rings (SSSR count). The van der Waals surface area contributed by atoms with E-state index in [1.165, 1.54) is 11.1 Å². The van der Waals surface area contributed by atoms with Crippen LogP contribution in [0.25, 0.3) is 0 Å². The number of hydrogen-bond donors (Lipinski definition) is 0. The first-order valence-corrected chi connectivity index (χ1v) is 8.37. The molecule has 22 heavy (non-hydrogen) atoms. The van der Waals surface area contributed by atoms with Gasteiger partial charge in [-0.25, -0.2) is 4.98 Å². The molecule has 1 aromatic carbocycles. The summed E-state index contributed by atoms with van der Waals surface area (Å²) in [6.07, 6.45) is 2.21. The van der Waals surface area contributed by atoms with E-state index < -0.39 is 0 Å². The number of imidazole rings is 1. The number of rotatable bonds is 3. The number of aryl methyl sites for hydroxylation is 2. The molecule has 0 saturated carbocycles. The minimum atomic E-state index is 0.226. The Morgan fingerprint density at radius 1 is 1.32 bits per heavy atom. The Hall–Kier alpha value is -1.62. The van der Waals surface area contributed by atoms with Crippen molar-refractivity contribution in [1.29, 1.82) is 0 Å². The lowest BCUT2D eigenvalue weighted by molar-refractivity contribution is -0.132. The SMILES string of the molecule is Cc1ccc(CCC(=O)N2CCc3nc(Br)n(C)c3C2)cc1. The largest absolute Gasteiger partial charge is 0.336 e. The fourth-order valence-electron chi connectivity index (χ4n) is 2.83. The summed E-state index contributed by atoms with van der Waals surface area (Å²) in [5.74, 6) is 0.226. The lowest BCUT2D eigenvalue weighted by atomic mass is 10.1. The van der Waals surface area contributed by atoms with Crippen LogP contribution in [-0.4, -0.2) is 26.9 Å². The van der Waals surface area contributed by atoms with Gasteiger partial charge in [-0.3, -0.25) is 4.79 Å². The number of fused-ring (bicyclic) bond motifs is 1. The quantitative estimate of drug-likeness (QED) is 0.842. The second-order valence-corrected chi connectivity index (χ2v) is 6.59. The summed E-state index contributed by atoms with van der Waals surface area (Å²) in [4.78, 5) is 18.9. The van der Waals surface area contributed by atoms with Crippen LogP contribution in [0.15, 0.2) is 29.0 Å². The summed E-state index contributed by atoms with van der Waals surface area (Å²) < 4.78 is 2.86. The van der Waals surface area contributed by atoms with E-state index in [-0.39, 0.29) is 5.91 Å². The van der Waals surface area contributed by atoms with Crippen molar-refractivity contribution in [2.45, 2.75) is 32.7 Å². The molecule has 0 radical (unpaired) electrons. The first-order chi connectivity index (χ1) is 10.5. The van der Waals surface area contributed by atoms with Crippen LogP contribution in [0.2, 0.25) is 0 Å². The molecule has 0 unspecified atom stereocenters. The molecule has 1 amide bonds. The average molecular weight is 362 g/mol. The fraction of sp³-hybridized carbons (Fsp3) is 0.412. The third-order valence-electron chi connectivity index (χ3n) is 4.30. The lowest BCUT2D eigenvalue weighted by Gasteiger charge is -2.27. The number of benzene rings is 1. The van der Waals surface area contributed by atoms with Crippen LogP contribution in [0.5, 0.6) is 0 Å². The zero-order valence-corrected chi connectivity index (χ0v) is 14.6. The fourth-order valence-corrected chi connectivity index (χ4v) is 3.26. The maximum absolute atomic E-state index is 12.5. The molecule has 1 aliphatic rings. The predicted molar refractivity (Wildman–Crippen MR) is 89.5 cm³/mol. The Labute approximate surface area is 139 Å². The van der Waals surface area contributed by atoms with Gasteiger partial charge in [-0.2, -0.15) is 0 Å². The number of carbonyl (C=O) groups is 1. The summed E-state index contributed by atoms with van der Waals surface area (Å²) in [6.45, 7) is 3.51. The highest BCUT2D eigenvalue weighted by Crippen LogP contribution is 2.22. The van der Waals surface area contributed by atoms with E-state index >= 15 is 0 Å². The maximum atomic E-state index is 12.5. The molecule has 0 atom stereocenters. The zero-order chi connectivity index (χ0) is 15.7. The van der Waals surface area contributed by atoms with E-state index in [1.807, 2.05) is 16.5 Å². The van der Waals surface area contributed by atoms with Gasteiger partial charge in [-0.05, 0) is 34.8 Å². The standard InChI is InChI=1S/C17H20BrN3O/c1-12-3-5-13(6-4-12)7-8-16(22)21-10-9-14-15(11-21)20(2)17(18)19-14/h3-6H,7-11H2,1-2H3. The van der Waals surface area contributed by atoms with Crippen LogP contribution < -0.4 is 0 Å². The van der Waals surface area contributed by atoms with Crippen molar-refractivity contribution in [2.24, 2.45) is 7.05 Å². The Kier molecular flexibility index (Phi) is 4.34. The molecule has 0 saturated heterocycles. The summed E-state index contributed by atoms with van der Waals surface area (Å²) in [5, 5.41) is 0. The van der Waals surface area contributed by atoms with Crippen LogP contribution in [0.4, 0.5) is 0 Å². The maximum Gasteiger partial charge on any atom is 0.223 e. The van der Waals surface area contributed by atoms with Crippen LogP contribution in [0, 0.1) is 6.92 Å². The van der Waals surface area contributed by atoms with Crippen molar-refractivity contribution in [3.05, 3.63) is 51.5 Å². The lowest BCUT2D eigenvalue weighted by Crippen LogP contribution is -2.36. The van der Waals surface area contributed by atoms with Gasteiger partial charge in [0, 0.05) is 26.4 Å². The molecule has 0 spiro atoms. The molecule has 2 heterocycles. The Bertz CT molecular complexity index is 691. The predicted octanol–water partition coefficient (Wildman–Crippen LogP) is 3.01. The van der Waals surface area contributed by atoms with E-state index in [9.17, 15) is 4.79 Å². The molecule has 2 aromatic rings. The number of hydrogen-bond acceptors (Lipinski definition) is 2. The van der Waals surface area contributed by atoms with Gasteiger partial charge in [-0.15, -0.1) is 0 Å². The number of carbonyl (C=O) groups excluding carboxylic acids is 1. The van der Waals surface area contributed by atoms with Crippen molar-refractivity contribution >= 4 is 21.8 Å². The van der Waals surface area contributed by atoms with Crippen molar-refractivity contribution < 1.29 is 4.79 Å². The van der Waals surface area contributed by atoms with Gasteiger partial charge < -0.3 is 9.47 Å². The van der Waals surface area contributed by atoms with Crippen LogP contribution in [0.3, 0.4) is 0 Å². The monoisotopic (exact) mass is 361 g/mol. The highest BCUT2D eigenvalue weighted by molar-refractivity contribution is 9.10. The first-order valence-electron chi connectivity index (χ1n) is 7.58. The molecule has 0 bridgehead atoms. The summed E-state index contributed by atoms with van der Waals surface area (Å²) in [7, 11) is 1.98. The molecule has 116 valence electrons. The molecule has 5 heteroatoms. The Morgan fingerprint density at radius 3 is 2.77 bits per heavy atom. The van der Waals surface area contributed by atoms with Gasteiger partial charge in [0.1, 0.15) is 0 Å². The van der Waals surface area contributed by atoms with E-state index in [0.717, 1.165) is 35.5 Å². The van der Waals surface area contributed by atoms with Crippen LogP contribution in [-0.2, 0) is 31.2 Å². The van der Waals surface area contributed by atoms with Crippen molar-refractivity contribution in [3.63, 3.8) is 0 Å². The topological polar surface area (TPSA) is 38.1 Å². The molecule has 1 aliphatic heterocycles. The van der Waals surface area contributed by atoms with Gasteiger partial charge in [0.05, 0.1) is 17.9 Å². The Balaban J connectivity index is 1.61. The average Bonchev–Trinajstić information content (AvgIpc) is 2.81. The number of halogens is 1. The van der Waals surface area contributed by atoms with Crippen molar-refractivity contribution in [3.8, 4) is 0 Å². The van der Waals surface area contributed by atoms with E-state index in [4.69, 9.17) is 0 Å². The third kappa shape index (κ3) is 3.09. The molecule has 0 N–H and O–H groups in total. The number of aromatic nitrogens is 2. The molecular weight excluding hydrogens is 342 g/mol. The second kappa shape index (κ2) is 6.24. The molecular formula is C17H20BrN3O. The van der Waals surface area contributed by atoms with Gasteiger partial charge in [0.25, 0.3) is 0 Å². The smallest absolute Gasteiger partial charge is 0.223 e. The van der Waals surface area contributed by atoms with E-state index in [1.54, 1.807) is 0 Å². The highest BCUT2D eigenvalue weighted by atomic mass is 79.9. The van der Waals surface area contributed by atoms with E-state index in [2.05, 4.69) is 52.1 Å². The molecule has 1 aromatic heterocycles. The summed E-state index contributed by atoms with van der Waals surface area (Å²) in [5.41, 5.74) is 4.72. The van der Waals surface area contributed by atoms with Gasteiger partial charge in [0.15, 0.2) is 4.73 Å².